The van der Waals surface area contributed by atoms with Gasteiger partial charge in [-0.2, -0.15) is 0 Å². The Labute approximate surface area is 510 Å². The molecule has 0 aromatic rings. The summed E-state index contributed by atoms with van der Waals surface area (Å²) in [6.07, 6.45) is 92.1. The fraction of sp³-hybridized carbons (Fsp3) is 0.803. The highest BCUT2D eigenvalue weighted by molar-refractivity contribution is 5.71. The predicted molar refractivity (Wildman–Crippen MR) is 358 cm³/mol. The monoisotopic (exact) mass is 1150 g/mol. The maximum absolute atomic E-state index is 13.0. The molecule has 0 N–H and O–H groups in total. The van der Waals surface area contributed by atoms with Crippen molar-refractivity contribution >= 4 is 17.9 Å². The lowest BCUT2D eigenvalue weighted by Crippen LogP contribution is -2.30. The molecule has 0 saturated carbocycles. The van der Waals surface area contributed by atoms with Crippen LogP contribution in [0, 0.1) is 0 Å². The lowest BCUT2D eigenvalue weighted by atomic mass is 10.0. The largest absolute Gasteiger partial charge is 0.462 e. The number of hydrogen-bond acceptors (Lipinski definition) is 6. The molecule has 0 radical (unpaired) electrons. The minimum absolute atomic E-state index is 0.0773. The van der Waals surface area contributed by atoms with Crippen LogP contribution in [0.5, 0.6) is 0 Å². The molecule has 0 aromatic carbocycles. The van der Waals surface area contributed by atoms with E-state index in [1.165, 1.54) is 238 Å². The number of allylic oxidation sites excluding steroid dienone is 12. The second kappa shape index (κ2) is 70.3. The van der Waals surface area contributed by atoms with Crippen molar-refractivity contribution in [2.45, 2.75) is 380 Å². The third-order valence-corrected chi connectivity index (χ3v) is 15.9. The molecular weight excluding hydrogens is 1010 g/mol. The summed E-state index contributed by atoms with van der Waals surface area (Å²) in [4.78, 5) is 38.5. The zero-order valence-electron chi connectivity index (χ0n) is 54.8. The molecule has 0 aliphatic carbocycles. The number of carbonyl (C=O) groups excluding carboxylic acids is 3. The Balaban J connectivity index is 4.33. The van der Waals surface area contributed by atoms with Gasteiger partial charge in [-0.25, -0.2) is 0 Å². The van der Waals surface area contributed by atoms with Gasteiger partial charge in [0.05, 0.1) is 0 Å². The van der Waals surface area contributed by atoms with Gasteiger partial charge in [-0.3, -0.25) is 14.4 Å². The van der Waals surface area contributed by atoms with Crippen molar-refractivity contribution < 1.29 is 28.6 Å². The summed E-state index contributed by atoms with van der Waals surface area (Å²) in [5, 5.41) is 0. The second-order valence-electron chi connectivity index (χ2n) is 24.1. The van der Waals surface area contributed by atoms with Crippen LogP contribution in [0.4, 0.5) is 0 Å². The lowest BCUT2D eigenvalue weighted by molar-refractivity contribution is -0.167. The molecule has 0 aliphatic rings. The first-order chi connectivity index (χ1) is 40.5. The third kappa shape index (κ3) is 67.6. The lowest BCUT2D eigenvalue weighted by Gasteiger charge is -2.18. The first kappa shape index (κ1) is 78.8. The van der Waals surface area contributed by atoms with Crippen LogP contribution in [0.25, 0.3) is 0 Å². The van der Waals surface area contributed by atoms with Crippen molar-refractivity contribution in [3.8, 4) is 0 Å². The highest BCUT2D eigenvalue weighted by atomic mass is 16.6. The summed E-state index contributed by atoms with van der Waals surface area (Å²) in [7, 11) is 0. The Kier molecular flexibility index (Phi) is 67.6. The van der Waals surface area contributed by atoms with E-state index in [9.17, 15) is 14.4 Å². The average molecular weight is 1150 g/mol. The van der Waals surface area contributed by atoms with Gasteiger partial charge in [0.15, 0.2) is 6.10 Å². The second-order valence-corrected chi connectivity index (χ2v) is 24.1. The predicted octanol–water partition coefficient (Wildman–Crippen LogP) is 24.8. The van der Waals surface area contributed by atoms with Gasteiger partial charge in [-0.05, 0) is 89.9 Å². The summed E-state index contributed by atoms with van der Waals surface area (Å²) in [5.41, 5.74) is 0. The fourth-order valence-electron chi connectivity index (χ4n) is 10.6. The normalized spacial score (nSPS) is 12.5. The van der Waals surface area contributed by atoms with E-state index in [-0.39, 0.29) is 31.1 Å². The number of rotatable bonds is 66. The quantitative estimate of drug-likeness (QED) is 0.0261. The Bertz CT molecular complexity index is 1500. The average Bonchev–Trinajstić information content (AvgIpc) is 3.47. The van der Waals surface area contributed by atoms with Crippen LogP contribution in [0.1, 0.15) is 374 Å². The summed E-state index contributed by atoms with van der Waals surface area (Å²) in [6.45, 7) is 6.57. The van der Waals surface area contributed by atoms with Gasteiger partial charge in [0, 0.05) is 19.3 Å². The highest BCUT2D eigenvalue weighted by Crippen LogP contribution is 2.18. The minimum atomic E-state index is -0.782. The van der Waals surface area contributed by atoms with E-state index in [0.29, 0.717) is 19.3 Å². The van der Waals surface area contributed by atoms with Crippen molar-refractivity contribution in [3.05, 3.63) is 72.9 Å². The molecule has 0 rings (SSSR count). The topological polar surface area (TPSA) is 78.9 Å². The number of esters is 3. The summed E-state index contributed by atoms with van der Waals surface area (Å²) >= 11 is 0. The molecule has 6 heteroatoms. The number of hydrogen-bond donors (Lipinski definition) is 0. The van der Waals surface area contributed by atoms with E-state index in [4.69, 9.17) is 14.2 Å². The van der Waals surface area contributed by atoms with E-state index >= 15 is 0 Å². The molecule has 0 amide bonds. The van der Waals surface area contributed by atoms with Crippen molar-refractivity contribution in [2.24, 2.45) is 0 Å². The van der Waals surface area contributed by atoms with Crippen LogP contribution >= 0.6 is 0 Å². The molecule has 0 fully saturated rings. The highest BCUT2D eigenvalue weighted by Gasteiger charge is 2.19. The standard InChI is InChI=1S/C76H136O6/c1-4-7-10-13-16-19-22-25-28-31-33-35-37-38-39-41-42-45-48-51-54-57-60-63-66-69-75(78)81-72-73(71-80-74(77)68-65-62-59-56-53-50-47-44-30-27-24-21-18-15-12-9-6-3)82-76(79)70-67-64-61-58-55-52-49-46-43-40-36-34-32-29-26-23-20-17-14-11-8-5-2/h9,12,18,21-22,25,27,30-31,33,37-38,73H,4-8,10-11,13-17,19-20,23-24,26,28-29,32,34-36,39-72H2,1-3H3/b12-9-,21-18-,25-22-,30-27-,33-31-,38-37-. The fourth-order valence-corrected chi connectivity index (χ4v) is 10.6. The molecule has 1 unspecified atom stereocenters. The van der Waals surface area contributed by atoms with E-state index in [0.717, 1.165) is 96.3 Å². The maximum atomic E-state index is 13.0. The molecule has 0 spiro atoms. The number of carbonyl (C=O) groups is 3. The number of unbranched alkanes of at least 4 members (excludes halogenated alkanes) is 43. The van der Waals surface area contributed by atoms with Gasteiger partial charge in [0.25, 0.3) is 0 Å². The van der Waals surface area contributed by atoms with Gasteiger partial charge in [-0.1, -0.05) is 338 Å². The smallest absolute Gasteiger partial charge is 0.306 e. The van der Waals surface area contributed by atoms with Crippen LogP contribution in [-0.4, -0.2) is 37.2 Å². The minimum Gasteiger partial charge on any atom is -0.462 e. The Morgan fingerprint density at radius 3 is 0.744 bits per heavy atom. The van der Waals surface area contributed by atoms with Crippen molar-refractivity contribution in [3.63, 3.8) is 0 Å². The van der Waals surface area contributed by atoms with Gasteiger partial charge in [0.2, 0.25) is 0 Å². The molecular formula is C76H136O6. The molecule has 82 heavy (non-hydrogen) atoms. The van der Waals surface area contributed by atoms with E-state index in [1.54, 1.807) is 0 Å². The molecule has 0 saturated heterocycles. The van der Waals surface area contributed by atoms with E-state index < -0.39 is 6.10 Å². The summed E-state index contributed by atoms with van der Waals surface area (Å²) in [6, 6.07) is 0. The van der Waals surface area contributed by atoms with Gasteiger partial charge in [-0.15, -0.1) is 0 Å². The molecule has 476 valence electrons. The summed E-state index contributed by atoms with van der Waals surface area (Å²) < 4.78 is 17.0. The van der Waals surface area contributed by atoms with Crippen molar-refractivity contribution in [2.75, 3.05) is 13.2 Å². The summed E-state index contributed by atoms with van der Waals surface area (Å²) in [5.74, 6) is -0.867. The Morgan fingerprint density at radius 2 is 0.476 bits per heavy atom. The molecule has 6 nitrogen and oxygen atoms in total. The van der Waals surface area contributed by atoms with Crippen molar-refractivity contribution in [1.29, 1.82) is 0 Å². The zero-order chi connectivity index (χ0) is 59.2. The van der Waals surface area contributed by atoms with E-state index in [2.05, 4.69) is 93.7 Å². The number of ether oxygens (including phenoxy) is 3. The molecule has 0 heterocycles. The van der Waals surface area contributed by atoms with Crippen LogP contribution in [-0.2, 0) is 28.6 Å². The Morgan fingerprint density at radius 1 is 0.256 bits per heavy atom. The van der Waals surface area contributed by atoms with Gasteiger partial charge >= 0.3 is 17.9 Å². The third-order valence-electron chi connectivity index (χ3n) is 15.9. The molecule has 1 atom stereocenters. The van der Waals surface area contributed by atoms with Crippen LogP contribution < -0.4 is 0 Å². The van der Waals surface area contributed by atoms with Crippen molar-refractivity contribution in [1.82, 2.24) is 0 Å². The zero-order valence-corrected chi connectivity index (χ0v) is 54.8. The van der Waals surface area contributed by atoms with E-state index in [1.807, 2.05) is 0 Å². The SMILES string of the molecule is CC/C=C\C/C=C\C/C=C\CCCCCCCCCC(=O)OCC(COC(=O)CCCCCCCCCCCC/C=C\C/C=C\C/C=C\CCCCCCC)OC(=O)CCCCCCCCCCCCCCCCCCCCCCCC. The van der Waals surface area contributed by atoms with Crippen LogP contribution in [0.3, 0.4) is 0 Å². The first-order valence-corrected chi connectivity index (χ1v) is 35.9. The molecule has 0 aromatic heterocycles. The van der Waals surface area contributed by atoms with Crippen LogP contribution in [0.15, 0.2) is 72.9 Å². The first-order valence-electron chi connectivity index (χ1n) is 35.9. The Hall–Kier alpha value is -3.15. The maximum Gasteiger partial charge on any atom is 0.306 e. The molecule has 0 aliphatic heterocycles. The molecule has 0 bridgehead atoms. The van der Waals surface area contributed by atoms with Gasteiger partial charge in [0.1, 0.15) is 13.2 Å². The van der Waals surface area contributed by atoms with Crippen LogP contribution in [0.2, 0.25) is 0 Å². The van der Waals surface area contributed by atoms with Gasteiger partial charge < -0.3 is 14.2 Å².